The summed E-state index contributed by atoms with van der Waals surface area (Å²) >= 11 is 0. The van der Waals surface area contributed by atoms with E-state index in [1.165, 1.54) is 6.42 Å². The fourth-order valence-electron chi connectivity index (χ4n) is 4.06. The van der Waals surface area contributed by atoms with Crippen molar-refractivity contribution in [3.8, 4) is 5.75 Å². The van der Waals surface area contributed by atoms with Gasteiger partial charge in [0.25, 0.3) is 0 Å². The van der Waals surface area contributed by atoms with Gasteiger partial charge in [0.1, 0.15) is 17.4 Å². The molecule has 0 amide bonds. The van der Waals surface area contributed by atoms with Crippen molar-refractivity contribution >= 4 is 22.7 Å². The Balaban J connectivity index is 1.84. The highest BCUT2D eigenvalue weighted by molar-refractivity contribution is 5.98. The number of unbranched alkanes of at least 4 members (excludes halogenated alkanes) is 8. The third-order valence-corrected chi connectivity index (χ3v) is 6.06. The number of esters is 1. The summed E-state index contributed by atoms with van der Waals surface area (Å²) in [6.45, 7) is 2.18. The normalized spacial score (nSPS) is 12.3. The lowest BCUT2D eigenvalue weighted by Gasteiger charge is -2.17. The van der Waals surface area contributed by atoms with Gasteiger partial charge in [-0.15, -0.1) is 0 Å². The standard InChI is InChI=1S/C29H40O5/c1-2-3-4-11-18-25(19-12-9-7-5-6-8-10-13-20-28(31)32)34-29(33)26-21-23-16-14-15-17-24(23)22-27(26)30/h9,12,14-17,21-22,25,30H,2-8,10-11,13,18-20H2,1H3,(H,31,32)/b12-9-/t25-/m1/s1. The quantitative estimate of drug-likeness (QED) is 0.140. The van der Waals surface area contributed by atoms with Crippen LogP contribution in [0.4, 0.5) is 0 Å². The van der Waals surface area contributed by atoms with Crippen LogP contribution in [0.15, 0.2) is 48.6 Å². The maximum Gasteiger partial charge on any atom is 0.342 e. The Labute approximate surface area is 203 Å². The second-order valence-corrected chi connectivity index (χ2v) is 9.00. The van der Waals surface area contributed by atoms with Gasteiger partial charge in [0, 0.05) is 12.8 Å². The molecule has 0 aliphatic carbocycles. The zero-order valence-electron chi connectivity index (χ0n) is 20.5. The molecule has 0 aliphatic rings. The minimum Gasteiger partial charge on any atom is -0.507 e. The molecular weight excluding hydrogens is 428 g/mol. The van der Waals surface area contributed by atoms with Crippen LogP contribution in [-0.2, 0) is 9.53 Å². The first kappa shape index (κ1) is 27.4. The summed E-state index contributed by atoms with van der Waals surface area (Å²) in [7, 11) is 0. The number of phenols is 1. The molecule has 2 aromatic carbocycles. The molecule has 186 valence electrons. The number of carbonyl (C=O) groups excluding carboxylic acids is 1. The lowest BCUT2D eigenvalue weighted by molar-refractivity contribution is -0.137. The second kappa shape index (κ2) is 15.9. The molecule has 0 bridgehead atoms. The Morgan fingerprint density at radius 1 is 0.912 bits per heavy atom. The maximum atomic E-state index is 12.9. The van der Waals surface area contributed by atoms with E-state index in [0.29, 0.717) is 6.42 Å². The fourth-order valence-corrected chi connectivity index (χ4v) is 4.06. The van der Waals surface area contributed by atoms with Crippen molar-refractivity contribution in [2.75, 3.05) is 0 Å². The Morgan fingerprint density at radius 3 is 2.32 bits per heavy atom. The average Bonchev–Trinajstić information content (AvgIpc) is 2.82. The Kier molecular flexibility index (Phi) is 12.8. The van der Waals surface area contributed by atoms with Gasteiger partial charge in [0.05, 0.1) is 0 Å². The first-order valence-corrected chi connectivity index (χ1v) is 12.8. The summed E-state index contributed by atoms with van der Waals surface area (Å²) in [5, 5.41) is 20.8. The zero-order chi connectivity index (χ0) is 24.6. The van der Waals surface area contributed by atoms with E-state index in [2.05, 4.69) is 19.1 Å². The molecule has 34 heavy (non-hydrogen) atoms. The minimum absolute atomic E-state index is 0.0488. The maximum absolute atomic E-state index is 12.9. The molecule has 0 aromatic heterocycles. The molecule has 0 saturated heterocycles. The largest absolute Gasteiger partial charge is 0.507 e. The van der Waals surface area contributed by atoms with Crippen LogP contribution >= 0.6 is 0 Å². The number of phenolic OH excluding ortho intramolecular Hbond substituents is 1. The number of carbonyl (C=O) groups is 2. The Morgan fingerprint density at radius 2 is 1.59 bits per heavy atom. The molecule has 0 spiro atoms. The number of benzene rings is 2. The van der Waals surface area contributed by atoms with E-state index in [4.69, 9.17) is 9.84 Å². The summed E-state index contributed by atoms with van der Waals surface area (Å²) in [5.41, 5.74) is 0.212. The van der Waals surface area contributed by atoms with Crippen LogP contribution in [0.3, 0.4) is 0 Å². The third kappa shape index (κ3) is 10.4. The number of allylic oxidation sites excluding steroid dienone is 1. The van der Waals surface area contributed by atoms with E-state index in [1.807, 2.05) is 24.3 Å². The molecule has 5 nitrogen and oxygen atoms in total. The van der Waals surface area contributed by atoms with Gasteiger partial charge in [0.2, 0.25) is 0 Å². The molecular formula is C29H40O5. The van der Waals surface area contributed by atoms with Gasteiger partial charge in [-0.3, -0.25) is 4.79 Å². The number of fused-ring (bicyclic) bond motifs is 1. The minimum atomic E-state index is -0.719. The molecule has 2 N–H and O–H groups in total. The molecule has 1 atom stereocenters. The first-order valence-electron chi connectivity index (χ1n) is 12.8. The molecule has 0 fully saturated rings. The van der Waals surface area contributed by atoms with Gasteiger partial charge >= 0.3 is 11.9 Å². The number of carboxylic acid groups (broad SMARTS) is 1. The number of aromatic hydroxyl groups is 1. The highest BCUT2D eigenvalue weighted by atomic mass is 16.5. The van der Waals surface area contributed by atoms with Crippen molar-refractivity contribution < 1.29 is 24.5 Å². The summed E-state index contributed by atoms with van der Waals surface area (Å²) in [6, 6.07) is 10.9. The topological polar surface area (TPSA) is 83.8 Å². The molecule has 0 radical (unpaired) electrons. The fraction of sp³-hybridized carbons (Fsp3) is 0.517. The number of hydrogen-bond donors (Lipinski definition) is 2. The molecule has 0 saturated carbocycles. The summed E-state index contributed by atoms with van der Waals surface area (Å²) < 4.78 is 5.84. The van der Waals surface area contributed by atoms with Crippen molar-refractivity contribution in [1.82, 2.24) is 0 Å². The molecule has 0 heterocycles. The van der Waals surface area contributed by atoms with Gasteiger partial charge < -0.3 is 14.9 Å². The third-order valence-electron chi connectivity index (χ3n) is 6.06. The van der Waals surface area contributed by atoms with Crippen LogP contribution in [0.1, 0.15) is 101 Å². The average molecular weight is 469 g/mol. The Bertz CT molecular complexity index is 918. The number of aliphatic carboxylic acids is 1. The molecule has 2 aromatic rings. The summed E-state index contributed by atoms with van der Waals surface area (Å²) in [5.74, 6) is -1.24. The highest BCUT2D eigenvalue weighted by Gasteiger charge is 2.18. The van der Waals surface area contributed by atoms with Crippen LogP contribution in [0.25, 0.3) is 10.8 Å². The second-order valence-electron chi connectivity index (χ2n) is 9.00. The smallest absolute Gasteiger partial charge is 0.342 e. The van der Waals surface area contributed by atoms with Crippen molar-refractivity contribution in [2.45, 2.75) is 96.5 Å². The van der Waals surface area contributed by atoms with Crippen molar-refractivity contribution in [2.24, 2.45) is 0 Å². The van der Waals surface area contributed by atoms with Crippen LogP contribution in [0, 0.1) is 0 Å². The lowest BCUT2D eigenvalue weighted by Crippen LogP contribution is -2.18. The van der Waals surface area contributed by atoms with E-state index in [0.717, 1.165) is 75.0 Å². The Hall–Kier alpha value is -2.82. The van der Waals surface area contributed by atoms with Gasteiger partial charge in [0.15, 0.2) is 0 Å². The monoisotopic (exact) mass is 468 g/mol. The number of hydrogen-bond acceptors (Lipinski definition) is 4. The summed E-state index contributed by atoms with van der Waals surface area (Å²) in [4.78, 5) is 23.4. The van der Waals surface area contributed by atoms with Crippen LogP contribution in [0.2, 0.25) is 0 Å². The van der Waals surface area contributed by atoms with E-state index in [-0.39, 0.29) is 23.8 Å². The van der Waals surface area contributed by atoms with Gasteiger partial charge in [-0.05, 0) is 55.0 Å². The van der Waals surface area contributed by atoms with Crippen molar-refractivity contribution in [3.05, 3.63) is 54.1 Å². The number of ether oxygens (including phenoxy) is 1. The zero-order valence-corrected chi connectivity index (χ0v) is 20.5. The first-order chi connectivity index (χ1) is 16.5. The van der Waals surface area contributed by atoms with Crippen molar-refractivity contribution in [3.63, 3.8) is 0 Å². The van der Waals surface area contributed by atoms with E-state index in [1.54, 1.807) is 12.1 Å². The van der Waals surface area contributed by atoms with Crippen molar-refractivity contribution in [1.29, 1.82) is 0 Å². The molecule has 0 aliphatic heterocycles. The van der Waals surface area contributed by atoms with E-state index in [9.17, 15) is 14.7 Å². The van der Waals surface area contributed by atoms with E-state index >= 15 is 0 Å². The predicted molar refractivity (Wildman–Crippen MR) is 137 cm³/mol. The SMILES string of the molecule is CCCCCC[C@H](C/C=C\CCCCCCCC(=O)O)OC(=O)c1cc2ccccc2cc1O. The molecule has 0 unspecified atom stereocenters. The predicted octanol–water partition coefficient (Wildman–Crippen LogP) is 7.80. The lowest BCUT2D eigenvalue weighted by atomic mass is 10.0. The van der Waals surface area contributed by atoms with Crippen LogP contribution in [0.5, 0.6) is 5.75 Å². The van der Waals surface area contributed by atoms with Crippen LogP contribution in [-0.4, -0.2) is 28.3 Å². The molecule has 5 heteroatoms. The molecule has 2 rings (SSSR count). The van der Waals surface area contributed by atoms with Gasteiger partial charge in [-0.1, -0.05) is 81.9 Å². The van der Waals surface area contributed by atoms with Crippen LogP contribution < -0.4 is 0 Å². The summed E-state index contributed by atoms with van der Waals surface area (Å²) in [6.07, 6.45) is 16.2. The highest BCUT2D eigenvalue weighted by Crippen LogP contribution is 2.26. The number of rotatable bonds is 17. The van der Waals surface area contributed by atoms with Gasteiger partial charge in [-0.2, -0.15) is 0 Å². The van der Waals surface area contributed by atoms with E-state index < -0.39 is 11.9 Å². The van der Waals surface area contributed by atoms with Gasteiger partial charge in [-0.25, -0.2) is 4.79 Å². The number of carboxylic acids is 1.